The smallest absolute Gasteiger partial charge is 0.457 e. The van der Waals surface area contributed by atoms with E-state index in [2.05, 4.69) is 13.8 Å². The lowest BCUT2D eigenvalue weighted by Gasteiger charge is -2.20. The molecule has 348 valence electrons. The molecule has 3 atom stereocenters. The molecule has 0 aliphatic heterocycles. The number of phosphoric ester groups is 1. The van der Waals surface area contributed by atoms with Crippen molar-refractivity contribution in [2.24, 2.45) is 0 Å². The van der Waals surface area contributed by atoms with Crippen LogP contribution in [0, 0.1) is 0 Å². The number of hydrogen-bond acceptors (Lipinski definition) is 8. The van der Waals surface area contributed by atoms with Gasteiger partial charge in [-0.2, -0.15) is 0 Å². The second kappa shape index (κ2) is 46.0. The zero-order valence-electron chi connectivity index (χ0n) is 38.3. The van der Waals surface area contributed by atoms with Crippen LogP contribution in [-0.4, -0.2) is 66.3 Å². The minimum absolute atomic E-state index is 0.0586. The Labute approximate surface area is 358 Å². The van der Waals surface area contributed by atoms with E-state index in [0.29, 0.717) is 6.61 Å². The van der Waals surface area contributed by atoms with E-state index in [1.807, 2.05) is 0 Å². The highest BCUT2D eigenvalue weighted by molar-refractivity contribution is 7.47. The molecule has 0 aliphatic carbocycles. The third kappa shape index (κ3) is 45.0. The topological polar surface area (TPSA) is 132 Å². The molecule has 0 saturated heterocycles. The minimum Gasteiger partial charge on any atom is -0.457 e. The van der Waals surface area contributed by atoms with E-state index in [4.69, 9.17) is 23.6 Å². The summed E-state index contributed by atoms with van der Waals surface area (Å²) in [5.74, 6) is -0.373. The number of esters is 1. The molecule has 3 unspecified atom stereocenters. The van der Waals surface area contributed by atoms with Crippen molar-refractivity contribution in [1.29, 1.82) is 0 Å². The summed E-state index contributed by atoms with van der Waals surface area (Å²) in [5.41, 5.74) is 0. The van der Waals surface area contributed by atoms with E-state index in [1.54, 1.807) is 0 Å². The average Bonchev–Trinajstić information content (AvgIpc) is 3.21. The zero-order valence-corrected chi connectivity index (χ0v) is 39.2. The van der Waals surface area contributed by atoms with E-state index in [1.165, 1.54) is 205 Å². The van der Waals surface area contributed by atoms with Crippen LogP contribution >= 0.6 is 7.82 Å². The van der Waals surface area contributed by atoms with Gasteiger partial charge in [0.2, 0.25) is 0 Å². The first-order valence-corrected chi connectivity index (χ1v) is 26.5. The van der Waals surface area contributed by atoms with Crippen LogP contribution in [0.4, 0.5) is 0 Å². The largest absolute Gasteiger partial charge is 0.472 e. The molecule has 3 N–H and O–H groups in total. The van der Waals surface area contributed by atoms with Crippen molar-refractivity contribution < 1.29 is 43.0 Å². The maximum atomic E-state index is 12.7. The Hall–Kier alpha value is -0.540. The Morgan fingerprint density at radius 1 is 0.466 bits per heavy atom. The number of carbonyl (C=O) groups excluding carboxylic acids is 1. The minimum atomic E-state index is -4.51. The molecule has 10 heteroatoms. The van der Waals surface area contributed by atoms with Crippen LogP contribution in [0.15, 0.2) is 0 Å². The van der Waals surface area contributed by atoms with Gasteiger partial charge in [-0.25, -0.2) is 4.57 Å². The van der Waals surface area contributed by atoms with Crippen molar-refractivity contribution in [2.75, 3.05) is 33.0 Å². The third-order valence-electron chi connectivity index (χ3n) is 11.3. The van der Waals surface area contributed by atoms with Gasteiger partial charge in [-0.15, -0.1) is 0 Å². The van der Waals surface area contributed by atoms with Gasteiger partial charge in [0.05, 0.1) is 26.4 Å². The summed E-state index contributed by atoms with van der Waals surface area (Å²) in [6.45, 7) is 3.60. The molecule has 58 heavy (non-hydrogen) atoms. The first-order valence-electron chi connectivity index (χ1n) is 25.0. The van der Waals surface area contributed by atoms with Crippen molar-refractivity contribution in [3.63, 3.8) is 0 Å². The maximum Gasteiger partial charge on any atom is 0.472 e. The fourth-order valence-corrected chi connectivity index (χ4v) is 8.27. The highest BCUT2D eigenvalue weighted by Gasteiger charge is 2.26. The summed E-state index contributed by atoms with van der Waals surface area (Å²) < 4.78 is 33.5. The molecular formula is C48H97O9P. The van der Waals surface area contributed by atoms with Gasteiger partial charge in [-0.3, -0.25) is 13.8 Å². The summed E-state index contributed by atoms with van der Waals surface area (Å²) >= 11 is 0. The summed E-state index contributed by atoms with van der Waals surface area (Å²) in [7, 11) is -4.51. The lowest BCUT2D eigenvalue weighted by atomic mass is 10.0. The van der Waals surface area contributed by atoms with Gasteiger partial charge in [0.25, 0.3) is 0 Å². The molecule has 0 fully saturated rings. The summed E-state index contributed by atoms with van der Waals surface area (Å²) in [6.07, 6.45) is 46.4. The van der Waals surface area contributed by atoms with E-state index in [0.717, 1.165) is 32.1 Å². The normalized spacial score (nSPS) is 13.8. The summed E-state index contributed by atoms with van der Waals surface area (Å²) in [4.78, 5) is 22.7. The first-order chi connectivity index (χ1) is 28.3. The fraction of sp³-hybridized carbons (Fsp3) is 0.979. The standard InChI is InChI=1S/C48H97O9P/c1-3-5-7-9-11-13-15-17-19-21-22-23-24-26-28-30-32-34-36-38-40-48(51)57-47(45-56-58(52,53)55-43-46(50)42-49)44-54-41-39-37-35-33-31-29-27-25-20-18-16-14-12-10-8-6-4-2/h46-47,49-50H,3-45H2,1-2H3,(H,52,53). The number of phosphoric acid groups is 1. The molecule has 0 bridgehead atoms. The Balaban J connectivity index is 4.03. The summed E-state index contributed by atoms with van der Waals surface area (Å²) in [6, 6.07) is 0. The Morgan fingerprint density at radius 2 is 0.776 bits per heavy atom. The van der Waals surface area contributed by atoms with Gasteiger partial charge >= 0.3 is 13.8 Å². The molecule has 0 aromatic heterocycles. The molecule has 0 aromatic carbocycles. The monoisotopic (exact) mass is 849 g/mol. The van der Waals surface area contributed by atoms with Gasteiger partial charge in [-0.05, 0) is 12.8 Å². The van der Waals surface area contributed by atoms with Crippen molar-refractivity contribution in [2.45, 2.75) is 270 Å². The molecule has 0 aromatic rings. The third-order valence-corrected chi connectivity index (χ3v) is 12.2. The van der Waals surface area contributed by atoms with Crippen LogP contribution in [-0.2, 0) is 27.9 Å². The lowest BCUT2D eigenvalue weighted by Crippen LogP contribution is -2.29. The van der Waals surface area contributed by atoms with Gasteiger partial charge in [0.15, 0.2) is 0 Å². The Morgan fingerprint density at radius 3 is 1.12 bits per heavy atom. The number of hydrogen-bond donors (Lipinski definition) is 3. The Bertz CT molecular complexity index is 876. The molecule has 0 heterocycles. The van der Waals surface area contributed by atoms with Crippen molar-refractivity contribution >= 4 is 13.8 Å². The first kappa shape index (κ1) is 57.5. The van der Waals surface area contributed by atoms with E-state index in [-0.39, 0.29) is 25.6 Å². The highest BCUT2D eigenvalue weighted by atomic mass is 31.2. The number of carbonyl (C=O) groups is 1. The van der Waals surface area contributed by atoms with Gasteiger partial charge in [0, 0.05) is 13.0 Å². The maximum absolute atomic E-state index is 12.7. The predicted octanol–water partition coefficient (Wildman–Crippen LogP) is 14.3. The van der Waals surface area contributed by atoms with Crippen LogP contribution in [0.2, 0.25) is 0 Å². The van der Waals surface area contributed by atoms with Crippen LogP contribution in [0.25, 0.3) is 0 Å². The van der Waals surface area contributed by atoms with Crippen LogP contribution in [0.3, 0.4) is 0 Å². The molecule has 0 radical (unpaired) electrons. The van der Waals surface area contributed by atoms with Crippen molar-refractivity contribution in [3.05, 3.63) is 0 Å². The van der Waals surface area contributed by atoms with Gasteiger partial charge < -0.3 is 24.6 Å². The SMILES string of the molecule is CCCCCCCCCCCCCCCCCCCCCCC(=O)OC(COCCCCCCCCCCCCCCCCCCC)COP(=O)(O)OCC(O)CO. The van der Waals surface area contributed by atoms with Gasteiger partial charge in [0.1, 0.15) is 12.2 Å². The van der Waals surface area contributed by atoms with Crippen LogP contribution in [0.1, 0.15) is 258 Å². The number of aliphatic hydroxyl groups excluding tert-OH is 2. The molecule has 0 amide bonds. The zero-order chi connectivity index (χ0) is 42.5. The highest BCUT2D eigenvalue weighted by Crippen LogP contribution is 2.43. The molecule has 0 aliphatic rings. The average molecular weight is 849 g/mol. The van der Waals surface area contributed by atoms with Crippen molar-refractivity contribution in [1.82, 2.24) is 0 Å². The summed E-state index contributed by atoms with van der Waals surface area (Å²) in [5, 5.41) is 18.4. The number of ether oxygens (including phenoxy) is 2. The number of unbranched alkanes of at least 4 members (excludes halogenated alkanes) is 35. The molecular weight excluding hydrogens is 751 g/mol. The number of aliphatic hydroxyl groups is 2. The fourth-order valence-electron chi connectivity index (χ4n) is 7.48. The molecule has 0 rings (SSSR count). The van der Waals surface area contributed by atoms with Crippen LogP contribution in [0.5, 0.6) is 0 Å². The molecule has 0 saturated carbocycles. The van der Waals surface area contributed by atoms with Crippen LogP contribution < -0.4 is 0 Å². The predicted molar refractivity (Wildman–Crippen MR) is 242 cm³/mol. The Kier molecular flexibility index (Phi) is 45.5. The van der Waals surface area contributed by atoms with E-state index in [9.17, 15) is 19.4 Å². The molecule has 9 nitrogen and oxygen atoms in total. The van der Waals surface area contributed by atoms with Gasteiger partial charge in [-0.1, -0.05) is 239 Å². The lowest BCUT2D eigenvalue weighted by molar-refractivity contribution is -0.154. The number of rotatable bonds is 49. The second-order valence-corrected chi connectivity index (χ2v) is 18.7. The second-order valence-electron chi connectivity index (χ2n) is 17.2. The molecule has 0 spiro atoms. The quantitative estimate of drug-likeness (QED) is 0.0311. The van der Waals surface area contributed by atoms with E-state index < -0.39 is 33.2 Å². The van der Waals surface area contributed by atoms with Crippen molar-refractivity contribution in [3.8, 4) is 0 Å². The van der Waals surface area contributed by atoms with E-state index >= 15 is 0 Å².